The molecule has 0 aliphatic rings. The minimum Gasteiger partial charge on any atom is -0.337 e. The maximum Gasteiger partial charge on any atom is 0.417 e. The van der Waals surface area contributed by atoms with Crippen LogP contribution in [0.2, 0.25) is 0 Å². The average Bonchev–Trinajstić information content (AvgIpc) is 2.97. The highest BCUT2D eigenvalue weighted by Gasteiger charge is 2.35. The van der Waals surface area contributed by atoms with Gasteiger partial charge in [-0.15, -0.1) is 0 Å². The summed E-state index contributed by atoms with van der Waals surface area (Å²) in [5.41, 5.74) is -0.183. The second kappa shape index (κ2) is 5.52. The van der Waals surface area contributed by atoms with Crippen molar-refractivity contribution in [2.45, 2.75) is 6.18 Å². The van der Waals surface area contributed by atoms with Crippen molar-refractivity contribution in [3.05, 3.63) is 58.4 Å². The number of pyridine rings is 1. The minimum atomic E-state index is -4.69. The topological polar surface area (TPSA) is 41.6 Å². The maximum absolute atomic E-state index is 14.2. The molecular formula is C17H8BrF4N3. The van der Waals surface area contributed by atoms with Gasteiger partial charge in [-0.2, -0.15) is 13.2 Å². The van der Waals surface area contributed by atoms with Gasteiger partial charge in [0.25, 0.3) is 0 Å². The van der Waals surface area contributed by atoms with Crippen LogP contribution in [0.25, 0.3) is 33.3 Å². The second-order valence-corrected chi connectivity index (χ2v) is 6.34. The molecule has 0 aliphatic heterocycles. The van der Waals surface area contributed by atoms with Crippen LogP contribution in [0.4, 0.5) is 17.6 Å². The number of fused-ring (bicyclic) bond motifs is 3. The van der Waals surface area contributed by atoms with Crippen LogP contribution in [0.5, 0.6) is 0 Å². The molecule has 126 valence electrons. The van der Waals surface area contributed by atoms with E-state index in [0.717, 1.165) is 22.7 Å². The molecule has 0 saturated carbocycles. The SMILES string of the molecule is Fc1cccc(C(F)(F)F)c1-c1nc2c(cnc3cc(Br)ccc32)[nH]1. The summed E-state index contributed by atoms with van der Waals surface area (Å²) >= 11 is 3.34. The Bertz CT molecular complexity index is 1120. The molecule has 4 aromatic rings. The van der Waals surface area contributed by atoms with E-state index in [1.807, 2.05) is 0 Å². The number of aromatic nitrogens is 3. The number of hydrogen-bond acceptors (Lipinski definition) is 2. The number of alkyl halides is 3. The van der Waals surface area contributed by atoms with Crippen molar-refractivity contribution in [2.24, 2.45) is 0 Å². The van der Waals surface area contributed by atoms with E-state index < -0.39 is 23.1 Å². The Balaban J connectivity index is 2.02. The predicted molar refractivity (Wildman–Crippen MR) is 89.5 cm³/mol. The van der Waals surface area contributed by atoms with Crippen LogP contribution in [-0.4, -0.2) is 15.0 Å². The van der Waals surface area contributed by atoms with Crippen molar-refractivity contribution < 1.29 is 17.6 Å². The molecule has 0 saturated heterocycles. The maximum atomic E-state index is 14.2. The quantitative estimate of drug-likeness (QED) is 0.409. The van der Waals surface area contributed by atoms with Gasteiger partial charge in [0, 0.05) is 9.86 Å². The number of benzene rings is 2. The molecule has 2 heterocycles. The first-order valence-corrected chi connectivity index (χ1v) is 7.94. The summed E-state index contributed by atoms with van der Waals surface area (Å²) in [4.78, 5) is 11.2. The first kappa shape index (κ1) is 16.0. The number of imidazole rings is 1. The summed E-state index contributed by atoms with van der Waals surface area (Å²) in [5, 5.41) is 0.660. The summed E-state index contributed by atoms with van der Waals surface area (Å²) < 4.78 is 54.7. The number of rotatable bonds is 1. The van der Waals surface area contributed by atoms with Crippen LogP contribution in [0.15, 0.2) is 47.1 Å². The van der Waals surface area contributed by atoms with Gasteiger partial charge in [-0.3, -0.25) is 4.98 Å². The van der Waals surface area contributed by atoms with Gasteiger partial charge in [-0.05, 0) is 30.3 Å². The van der Waals surface area contributed by atoms with E-state index in [0.29, 0.717) is 21.9 Å². The number of H-pyrrole nitrogens is 1. The zero-order chi connectivity index (χ0) is 17.8. The van der Waals surface area contributed by atoms with Crippen molar-refractivity contribution >= 4 is 37.9 Å². The summed E-state index contributed by atoms with van der Waals surface area (Å²) in [6.07, 6.45) is -3.23. The number of hydrogen-bond donors (Lipinski definition) is 1. The molecular weight excluding hydrogens is 402 g/mol. The molecule has 1 N–H and O–H groups in total. The predicted octanol–water partition coefficient (Wildman–Crippen LogP) is 5.70. The Morgan fingerprint density at radius 2 is 1.88 bits per heavy atom. The molecule has 25 heavy (non-hydrogen) atoms. The van der Waals surface area contributed by atoms with Crippen molar-refractivity contribution in [1.82, 2.24) is 15.0 Å². The lowest BCUT2D eigenvalue weighted by Gasteiger charge is -2.11. The van der Waals surface area contributed by atoms with Crippen molar-refractivity contribution in [1.29, 1.82) is 0 Å². The Morgan fingerprint density at radius 1 is 1.08 bits per heavy atom. The molecule has 4 rings (SSSR count). The largest absolute Gasteiger partial charge is 0.417 e. The van der Waals surface area contributed by atoms with Gasteiger partial charge in [0.2, 0.25) is 0 Å². The van der Waals surface area contributed by atoms with E-state index in [9.17, 15) is 17.6 Å². The Labute approximate surface area is 146 Å². The van der Waals surface area contributed by atoms with E-state index in [1.165, 1.54) is 6.20 Å². The van der Waals surface area contributed by atoms with Crippen LogP contribution in [0.3, 0.4) is 0 Å². The fourth-order valence-electron chi connectivity index (χ4n) is 2.75. The molecule has 0 atom stereocenters. The lowest BCUT2D eigenvalue weighted by atomic mass is 10.1. The molecule has 8 heteroatoms. The minimum absolute atomic E-state index is 0.183. The third-order valence-corrected chi connectivity index (χ3v) is 4.33. The smallest absolute Gasteiger partial charge is 0.337 e. The van der Waals surface area contributed by atoms with Crippen LogP contribution in [0.1, 0.15) is 5.56 Å². The van der Waals surface area contributed by atoms with Crippen molar-refractivity contribution in [2.75, 3.05) is 0 Å². The highest BCUT2D eigenvalue weighted by Crippen LogP contribution is 2.38. The normalized spacial score (nSPS) is 12.2. The Morgan fingerprint density at radius 3 is 2.64 bits per heavy atom. The molecule has 0 radical (unpaired) electrons. The molecule has 2 aromatic carbocycles. The molecule has 0 aliphatic carbocycles. The first-order valence-electron chi connectivity index (χ1n) is 7.14. The molecule has 2 aromatic heterocycles. The van der Waals surface area contributed by atoms with E-state index in [4.69, 9.17) is 0 Å². The number of aromatic amines is 1. The van der Waals surface area contributed by atoms with Gasteiger partial charge in [0.05, 0.1) is 33.9 Å². The second-order valence-electron chi connectivity index (χ2n) is 5.43. The molecule has 0 bridgehead atoms. The zero-order valence-corrected chi connectivity index (χ0v) is 13.9. The summed E-state index contributed by atoms with van der Waals surface area (Å²) in [7, 11) is 0. The van der Waals surface area contributed by atoms with Crippen LogP contribution in [-0.2, 0) is 6.18 Å². The summed E-state index contributed by atoms with van der Waals surface area (Å²) in [6, 6.07) is 8.14. The van der Waals surface area contributed by atoms with E-state index in [2.05, 4.69) is 30.9 Å². The first-order chi connectivity index (χ1) is 11.8. The van der Waals surface area contributed by atoms with Crippen LogP contribution >= 0.6 is 15.9 Å². The molecule has 0 spiro atoms. The van der Waals surface area contributed by atoms with Gasteiger partial charge < -0.3 is 4.98 Å². The van der Waals surface area contributed by atoms with Crippen LogP contribution < -0.4 is 0 Å². The molecule has 0 fully saturated rings. The van der Waals surface area contributed by atoms with Gasteiger partial charge in [-0.25, -0.2) is 9.37 Å². The van der Waals surface area contributed by atoms with E-state index in [-0.39, 0.29) is 5.82 Å². The fraction of sp³-hybridized carbons (Fsp3) is 0.0588. The lowest BCUT2D eigenvalue weighted by Crippen LogP contribution is -2.08. The van der Waals surface area contributed by atoms with Gasteiger partial charge >= 0.3 is 6.18 Å². The number of nitrogens with one attached hydrogen (secondary N) is 1. The monoisotopic (exact) mass is 409 g/mol. The van der Waals surface area contributed by atoms with E-state index in [1.54, 1.807) is 18.2 Å². The zero-order valence-electron chi connectivity index (χ0n) is 12.3. The third kappa shape index (κ3) is 2.66. The lowest BCUT2D eigenvalue weighted by molar-refractivity contribution is -0.137. The number of halogens is 5. The summed E-state index contributed by atoms with van der Waals surface area (Å²) in [5.74, 6) is -1.17. The average molecular weight is 410 g/mol. The molecule has 0 amide bonds. The molecule has 0 unspecified atom stereocenters. The number of nitrogens with zero attached hydrogens (tertiary/aromatic N) is 2. The third-order valence-electron chi connectivity index (χ3n) is 3.84. The van der Waals surface area contributed by atoms with Gasteiger partial charge in [-0.1, -0.05) is 22.0 Å². The standard InChI is InChI=1S/C17H8BrF4N3/c18-8-4-5-9-12(6-8)23-7-13-15(9)25-16(24-13)14-10(17(20,21)22)2-1-3-11(14)19/h1-7H,(H,24,25). The highest BCUT2D eigenvalue weighted by atomic mass is 79.9. The van der Waals surface area contributed by atoms with E-state index >= 15 is 0 Å². The van der Waals surface area contributed by atoms with Gasteiger partial charge in [0.1, 0.15) is 11.6 Å². The fourth-order valence-corrected chi connectivity index (χ4v) is 3.10. The Hall–Kier alpha value is -2.48. The Kier molecular flexibility index (Phi) is 3.54. The van der Waals surface area contributed by atoms with Crippen LogP contribution in [0, 0.1) is 5.82 Å². The highest BCUT2D eigenvalue weighted by molar-refractivity contribution is 9.10. The van der Waals surface area contributed by atoms with Crippen molar-refractivity contribution in [3.63, 3.8) is 0 Å². The molecule has 3 nitrogen and oxygen atoms in total. The summed E-state index contributed by atoms with van der Waals surface area (Å²) in [6.45, 7) is 0. The van der Waals surface area contributed by atoms with Gasteiger partial charge in [0.15, 0.2) is 0 Å². The van der Waals surface area contributed by atoms with Crippen molar-refractivity contribution in [3.8, 4) is 11.4 Å².